The zero-order valence-electron chi connectivity index (χ0n) is 14.5. The predicted octanol–water partition coefficient (Wildman–Crippen LogP) is 4.13. The van der Waals surface area contributed by atoms with Crippen LogP contribution in [0.25, 0.3) is 22.7 Å². The van der Waals surface area contributed by atoms with E-state index in [0.29, 0.717) is 0 Å². The first kappa shape index (κ1) is 16.3. The minimum absolute atomic E-state index is 0.793. The lowest BCUT2D eigenvalue weighted by atomic mass is 10.1. The van der Waals surface area contributed by atoms with Gasteiger partial charge in [-0.15, -0.1) is 0 Å². The van der Waals surface area contributed by atoms with E-state index < -0.39 is 0 Å². The molecular weight excluding hydrogens is 332 g/mol. The summed E-state index contributed by atoms with van der Waals surface area (Å²) in [7, 11) is 2.19. The Morgan fingerprint density at radius 1 is 1.20 bits per heavy atom. The third kappa shape index (κ3) is 3.08. The highest BCUT2D eigenvalue weighted by Crippen LogP contribution is 2.32. The molecule has 0 N–H and O–H groups in total. The minimum atomic E-state index is 0.793. The molecule has 4 nitrogen and oxygen atoms in total. The van der Waals surface area contributed by atoms with Crippen LogP contribution < -0.4 is 0 Å². The fourth-order valence-corrected chi connectivity index (χ4v) is 3.77. The monoisotopic (exact) mass is 352 g/mol. The summed E-state index contributed by atoms with van der Waals surface area (Å²) in [4.78, 5) is 10.8. The Bertz CT molecular complexity index is 943. The number of aromatic nitrogens is 3. The van der Waals surface area contributed by atoms with Crippen molar-refractivity contribution in [2.45, 2.75) is 19.8 Å². The van der Waals surface area contributed by atoms with Crippen LogP contribution in [0.1, 0.15) is 23.9 Å². The zero-order valence-corrected chi connectivity index (χ0v) is 15.3. The summed E-state index contributed by atoms with van der Waals surface area (Å²) >= 11 is 6.29. The molecule has 0 aliphatic carbocycles. The fraction of sp³-hybridized carbons (Fsp3) is 0.300. The summed E-state index contributed by atoms with van der Waals surface area (Å²) in [6, 6.07) is 8.14. The summed E-state index contributed by atoms with van der Waals surface area (Å²) in [5.74, 6) is 0. The molecule has 5 heteroatoms. The van der Waals surface area contributed by atoms with E-state index in [2.05, 4.69) is 51.7 Å². The molecular formula is C20H21ClN4. The lowest BCUT2D eigenvalue weighted by molar-refractivity contribution is 0.351. The summed E-state index contributed by atoms with van der Waals surface area (Å²) in [5, 5.41) is 2.06. The van der Waals surface area contributed by atoms with Crippen LogP contribution in [0.3, 0.4) is 0 Å². The second-order valence-corrected chi connectivity index (χ2v) is 7.10. The Labute approximate surface area is 152 Å². The number of benzene rings is 1. The maximum absolute atomic E-state index is 6.29. The molecule has 0 fully saturated rings. The van der Waals surface area contributed by atoms with Gasteiger partial charge in [-0.05, 0) is 55.8 Å². The molecule has 0 spiro atoms. The van der Waals surface area contributed by atoms with Gasteiger partial charge in [0.05, 0.1) is 11.2 Å². The first-order valence-corrected chi connectivity index (χ1v) is 8.96. The van der Waals surface area contributed by atoms with Crippen LogP contribution in [0.15, 0.2) is 36.8 Å². The van der Waals surface area contributed by atoms with E-state index in [0.717, 1.165) is 42.2 Å². The smallest absolute Gasteiger partial charge is 0.116 e. The first-order chi connectivity index (χ1) is 12.1. The summed E-state index contributed by atoms with van der Waals surface area (Å²) in [6.45, 7) is 4.24. The molecule has 128 valence electrons. The van der Waals surface area contributed by atoms with Crippen molar-refractivity contribution in [1.82, 2.24) is 19.4 Å². The van der Waals surface area contributed by atoms with Gasteiger partial charge in [-0.2, -0.15) is 0 Å². The van der Waals surface area contributed by atoms with E-state index in [1.165, 1.54) is 22.2 Å². The molecule has 3 heterocycles. The molecule has 1 aliphatic rings. The molecule has 25 heavy (non-hydrogen) atoms. The maximum atomic E-state index is 6.29. The third-order valence-electron chi connectivity index (χ3n) is 4.96. The molecule has 0 saturated heterocycles. The fourth-order valence-electron chi connectivity index (χ4n) is 3.60. The zero-order chi connectivity index (χ0) is 17.4. The second kappa shape index (κ2) is 6.62. The van der Waals surface area contributed by atoms with Gasteiger partial charge in [0.25, 0.3) is 0 Å². The third-order valence-corrected chi connectivity index (χ3v) is 5.20. The molecule has 4 rings (SSSR count). The molecule has 0 bridgehead atoms. The highest BCUT2D eigenvalue weighted by atomic mass is 35.5. The maximum Gasteiger partial charge on any atom is 0.116 e. The molecule has 2 aromatic heterocycles. The van der Waals surface area contributed by atoms with Gasteiger partial charge in [0, 0.05) is 48.0 Å². The minimum Gasteiger partial charge on any atom is -0.320 e. The highest BCUT2D eigenvalue weighted by molar-refractivity contribution is 6.31. The number of rotatable bonds is 2. The average Bonchev–Trinajstić information content (AvgIpc) is 2.76. The van der Waals surface area contributed by atoms with Crippen molar-refractivity contribution in [2.24, 2.45) is 0 Å². The van der Waals surface area contributed by atoms with Crippen molar-refractivity contribution in [3.8, 4) is 0 Å². The Morgan fingerprint density at radius 2 is 2.04 bits per heavy atom. The average molecular weight is 353 g/mol. The normalized spacial score (nSPS) is 16.0. The van der Waals surface area contributed by atoms with E-state index in [1.54, 1.807) is 12.5 Å². The number of halogens is 1. The molecule has 0 saturated carbocycles. The van der Waals surface area contributed by atoms with Gasteiger partial charge < -0.3 is 9.47 Å². The standard InChI is InChI=1S/C20H21ClN4/c1-14(18-5-8-22-13-23-18)12-25-19-4-3-15(21)11-17(19)16-6-9-24(2)10-7-20(16)25/h3-5,8,11-13H,6-7,9-10H2,1-2H3. The van der Waals surface area contributed by atoms with Crippen molar-refractivity contribution in [3.05, 3.63) is 58.8 Å². The molecule has 0 amide bonds. The Hall–Kier alpha value is -2.17. The Morgan fingerprint density at radius 3 is 2.84 bits per heavy atom. The van der Waals surface area contributed by atoms with Gasteiger partial charge in [-0.1, -0.05) is 11.6 Å². The van der Waals surface area contributed by atoms with Gasteiger partial charge in [0.2, 0.25) is 0 Å². The van der Waals surface area contributed by atoms with E-state index in [1.807, 2.05) is 12.1 Å². The van der Waals surface area contributed by atoms with Gasteiger partial charge >= 0.3 is 0 Å². The number of allylic oxidation sites excluding steroid dienone is 1. The second-order valence-electron chi connectivity index (χ2n) is 6.67. The first-order valence-electron chi connectivity index (χ1n) is 8.58. The Kier molecular flexibility index (Phi) is 4.32. The van der Waals surface area contributed by atoms with Gasteiger partial charge in [-0.25, -0.2) is 9.97 Å². The van der Waals surface area contributed by atoms with Crippen LogP contribution in [0.5, 0.6) is 0 Å². The van der Waals surface area contributed by atoms with Crippen LogP contribution in [0.2, 0.25) is 5.02 Å². The number of likely N-dealkylation sites (N-methyl/N-ethyl adjacent to an activating group) is 1. The van der Waals surface area contributed by atoms with Crippen LogP contribution >= 0.6 is 11.6 Å². The van der Waals surface area contributed by atoms with E-state index in [4.69, 9.17) is 11.6 Å². The summed E-state index contributed by atoms with van der Waals surface area (Å²) in [6.07, 6.45) is 7.66. The number of hydrogen-bond donors (Lipinski definition) is 0. The van der Waals surface area contributed by atoms with E-state index >= 15 is 0 Å². The van der Waals surface area contributed by atoms with Crippen molar-refractivity contribution in [3.63, 3.8) is 0 Å². The van der Waals surface area contributed by atoms with Gasteiger partial charge in [-0.3, -0.25) is 0 Å². The number of fused-ring (bicyclic) bond motifs is 3. The van der Waals surface area contributed by atoms with Crippen LogP contribution in [0.4, 0.5) is 0 Å². The molecule has 1 aromatic carbocycles. The lowest BCUT2D eigenvalue weighted by Crippen LogP contribution is -2.21. The van der Waals surface area contributed by atoms with Crippen LogP contribution in [-0.4, -0.2) is 39.6 Å². The van der Waals surface area contributed by atoms with Crippen LogP contribution in [-0.2, 0) is 12.8 Å². The summed E-state index contributed by atoms with van der Waals surface area (Å²) in [5.41, 5.74) is 6.09. The molecule has 0 atom stereocenters. The van der Waals surface area contributed by atoms with Crippen molar-refractivity contribution in [2.75, 3.05) is 20.1 Å². The van der Waals surface area contributed by atoms with Gasteiger partial charge in [0.15, 0.2) is 0 Å². The van der Waals surface area contributed by atoms with E-state index in [-0.39, 0.29) is 0 Å². The van der Waals surface area contributed by atoms with Crippen molar-refractivity contribution in [1.29, 1.82) is 0 Å². The van der Waals surface area contributed by atoms with Gasteiger partial charge in [0.1, 0.15) is 6.33 Å². The topological polar surface area (TPSA) is 34.0 Å². The lowest BCUT2D eigenvalue weighted by Gasteiger charge is -2.13. The quantitative estimate of drug-likeness (QED) is 0.695. The highest BCUT2D eigenvalue weighted by Gasteiger charge is 2.20. The number of hydrogen-bond acceptors (Lipinski definition) is 3. The largest absolute Gasteiger partial charge is 0.320 e. The Balaban J connectivity index is 1.91. The number of nitrogens with zero attached hydrogens (tertiary/aromatic N) is 4. The van der Waals surface area contributed by atoms with Crippen LogP contribution in [0, 0.1) is 0 Å². The van der Waals surface area contributed by atoms with E-state index in [9.17, 15) is 0 Å². The predicted molar refractivity (Wildman–Crippen MR) is 104 cm³/mol. The molecule has 3 aromatic rings. The van der Waals surface area contributed by atoms with Crippen molar-refractivity contribution < 1.29 is 0 Å². The molecule has 0 unspecified atom stereocenters. The molecule has 1 aliphatic heterocycles. The SMILES string of the molecule is CC(=Cn1c2c(c3cc(Cl)ccc31)CCN(C)CC2)c1ccncn1. The summed E-state index contributed by atoms with van der Waals surface area (Å²) < 4.78 is 2.33. The molecule has 0 radical (unpaired) electrons. The van der Waals surface area contributed by atoms with Crippen molar-refractivity contribution >= 4 is 34.3 Å².